The lowest BCUT2D eigenvalue weighted by atomic mass is 10.1. The minimum absolute atomic E-state index is 0.0481. The van der Waals surface area contributed by atoms with E-state index >= 15 is 0 Å². The molecule has 1 atom stereocenters. The van der Waals surface area contributed by atoms with Gasteiger partial charge in [0.25, 0.3) is 5.91 Å². The molecular weight excluding hydrogens is 382 g/mol. The van der Waals surface area contributed by atoms with Gasteiger partial charge in [0.05, 0.1) is 17.0 Å². The Morgan fingerprint density at radius 1 is 1.11 bits per heavy atom. The van der Waals surface area contributed by atoms with Crippen LogP contribution in [0.2, 0.25) is 0 Å². The van der Waals surface area contributed by atoms with Crippen LogP contribution in [0.1, 0.15) is 18.9 Å². The summed E-state index contributed by atoms with van der Waals surface area (Å²) in [6.07, 6.45) is -0.109. The van der Waals surface area contributed by atoms with E-state index in [1.54, 1.807) is 30.3 Å². The number of sulfonamides is 1. The van der Waals surface area contributed by atoms with Crippen LogP contribution in [0.25, 0.3) is 0 Å². The topological polar surface area (TPSA) is 118 Å². The number of nitrogens with two attached hydrogens (primary N) is 1. The molecule has 146 valence electrons. The van der Waals surface area contributed by atoms with Gasteiger partial charge in [0.15, 0.2) is 0 Å². The monoisotopic (exact) mass is 401 g/mol. The fourth-order valence-corrected chi connectivity index (χ4v) is 3.65. The van der Waals surface area contributed by atoms with Gasteiger partial charge in [0, 0.05) is 13.5 Å². The molecule has 9 heteroatoms. The van der Waals surface area contributed by atoms with Crippen molar-refractivity contribution in [1.29, 1.82) is 0 Å². The van der Waals surface area contributed by atoms with E-state index < -0.39 is 22.0 Å². The first kappa shape index (κ1) is 19.7. The number of imide groups is 1. The van der Waals surface area contributed by atoms with Crippen molar-refractivity contribution in [2.75, 3.05) is 4.90 Å². The maximum absolute atomic E-state index is 12.9. The molecule has 1 fully saturated rings. The molecule has 8 nitrogen and oxygen atoms in total. The van der Waals surface area contributed by atoms with E-state index in [-0.39, 0.29) is 29.7 Å². The average Bonchev–Trinajstić information content (AvgIpc) is 2.94. The molecule has 1 aliphatic rings. The van der Waals surface area contributed by atoms with Gasteiger partial charge >= 0.3 is 0 Å². The summed E-state index contributed by atoms with van der Waals surface area (Å²) >= 11 is 0. The third-order valence-electron chi connectivity index (χ3n) is 4.52. The second kappa shape index (κ2) is 7.53. The van der Waals surface area contributed by atoms with E-state index in [1.807, 2.05) is 0 Å². The molecule has 0 bridgehead atoms. The molecule has 2 aromatic carbocycles. The number of rotatable bonds is 5. The number of primary sulfonamides is 1. The Hall–Kier alpha value is -3.04. The molecule has 1 unspecified atom stereocenters. The first-order valence-corrected chi connectivity index (χ1v) is 10.0. The molecular formula is C19H19N3O5S. The van der Waals surface area contributed by atoms with E-state index in [4.69, 9.17) is 5.14 Å². The highest BCUT2D eigenvalue weighted by Crippen LogP contribution is 2.26. The van der Waals surface area contributed by atoms with Crippen molar-refractivity contribution in [2.45, 2.75) is 30.8 Å². The van der Waals surface area contributed by atoms with E-state index in [0.29, 0.717) is 11.3 Å². The average molecular weight is 401 g/mol. The van der Waals surface area contributed by atoms with Crippen LogP contribution in [-0.4, -0.2) is 37.1 Å². The number of hydrogen-bond acceptors (Lipinski definition) is 5. The van der Waals surface area contributed by atoms with Crippen molar-refractivity contribution < 1.29 is 22.8 Å². The summed E-state index contributed by atoms with van der Waals surface area (Å²) in [7, 11) is -3.82. The zero-order chi connectivity index (χ0) is 20.5. The lowest BCUT2D eigenvalue weighted by Gasteiger charge is -2.26. The van der Waals surface area contributed by atoms with Crippen molar-refractivity contribution >= 4 is 33.4 Å². The molecule has 0 aliphatic carbocycles. The second-order valence-electron chi connectivity index (χ2n) is 6.46. The highest BCUT2D eigenvalue weighted by atomic mass is 32.2. The molecule has 0 saturated carbocycles. The molecule has 3 rings (SSSR count). The molecule has 3 amide bonds. The molecule has 28 heavy (non-hydrogen) atoms. The number of anilines is 1. The Morgan fingerprint density at radius 2 is 1.71 bits per heavy atom. The van der Waals surface area contributed by atoms with Gasteiger partial charge in [-0.2, -0.15) is 0 Å². The number of nitrogens with zero attached hydrogens (tertiary/aromatic N) is 2. The molecule has 1 aliphatic heterocycles. The van der Waals surface area contributed by atoms with Crippen LogP contribution in [-0.2, 0) is 31.0 Å². The molecule has 2 N–H and O–H groups in total. The minimum atomic E-state index is -3.82. The predicted octanol–water partition coefficient (Wildman–Crippen LogP) is 1.01. The summed E-state index contributed by atoms with van der Waals surface area (Å²) in [6.45, 7) is 1.38. The summed E-state index contributed by atoms with van der Waals surface area (Å²) in [5, 5.41) is 5.08. The molecule has 1 saturated heterocycles. The normalized spacial score (nSPS) is 17.1. The fraction of sp³-hybridized carbons (Fsp3) is 0.211. The first-order chi connectivity index (χ1) is 13.2. The summed E-state index contributed by atoms with van der Waals surface area (Å²) in [5.74, 6) is -1.21. The van der Waals surface area contributed by atoms with Gasteiger partial charge in [-0.3, -0.25) is 14.4 Å². The van der Waals surface area contributed by atoms with Crippen LogP contribution in [0.15, 0.2) is 59.5 Å². The van der Waals surface area contributed by atoms with Crippen LogP contribution in [0.5, 0.6) is 0 Å². The van der Waals surface area contributed by atoms with Crippen molar-refractivity contribution in [3.63, 3.8) is 0 Å². The maximum Gasteiger partial charge on any atom is 0.257 e. The lowest BCUT2D eigenvalue weighted by molar-refractivity contribution is -0.137. The molecule has 2 aromatic rings. The Bertz CT molecular complexity index is 1020. The van der Waals surface area contributed by atoms with Gasteiger partial charge in [-0.25, -0.2) is 18.5 Å². The third kappa shape index (κ3) is 3.95. The van der Waals surface area contributed by atoms with Crippen LogP contribution in [0.3, 0.4) is 0 Å². The molecule has 1 heterocycles. The zero-order valence-corrected chi connectivity index (χ0v) is 15.9. The van der Waals surface area contributed by atoms with Gasteiger partial charge in [-0.15, -0.1) is 0 Å². The van der Waals surface area contributed by atoms with E-state index in [0.717, 1.165) is 4.90 Å². The van der Waals surface area contributed by atoms with Crippen molar-refractivity contribution in [2.24, 2.45) is 5.14 Å². The number of para-hydroxylation sites is 1. The van der Waals surface area contributed by atoms with E-state index in [1.165, 1.54) is 36.1 Å². The Labute approximate surface area is 162 Å². The van der Waals surface area contributed by atoms with Crippen LogP contribution < -0.4 is 10.0 Å². The Balaban J connectivity index is 1.84. The Morgan fingerprint density at radius 3 is 2.25 bits per heavy atom. The predicted molar refractivity (Wildman–Crippen MR) is 101 cm³/mol. The van der Waals surface area contributed by atoms with Gasteiger partial charge in [-0.1, -0.05) is 30.3 Å². The van der Waals surface area contributed by atoms with Gasteiger partial charge < -0.3 is 4.90 Å². The fourth-order valence-electron chi connectivity index (χ4n) is 3.13. The maximum atomic E-state index is 12.9. The number of hydrogen-bond donors (Lipinski definition) is 1. The quantitative estimate of drug-likeness (QED) is 0.751. The zero-order valence-electron chi connectivity index (χ0n) is 15.1. The van der Waals surface area contributed by atoms with E-state index in [2.05, 4.69) is 0 Å². The second-order valence-corrected chi connectivity index (χ2v) is 8.02. The summed E-state index contributed by atoms with van der Waals surface area (Å²) in [6, 6.07) is 13.3. The molecule has 0 radical (unpaired) electrons. The molecule has 0 spiro atoms. The minimum Gasteiger partial charge on any atom is -0.326 e. The van der Waals surface area contributed by atoms with Gasteiger partial charge in [-0.05, 0) is 29.8 Å². The number of amides is 3. The standard InChI is InChI=1S/C19H19N3O5S/c1-13(23)21(12-14-7-9-16(10-8-14)28(20,26)27)17-11-18(24)22(19(17)25)15-5-3-2-4-6-15/h2-10,17H,11-12H2,1H3,(H2,20,26,27). The lowest BCUT2D eigenvalue weighted by Crippen LogP contribution is -2.44. The van der Waals surface area contributed by atoms with Crippen LogP contribution in [0.4, 0.5) is 5.69 Å². The first-order valence-electron chi connectivity index (χ1n) is 8.49. The largest absolute Gasteiger partial charge is 0.326 e. The van der Waals surface area contributed by atoms with Crippen molar-refractivity contribution in [3.05, 3.63) is 60.2 Å². The van der Waals surface area contributed by atoms with Crippen LogP contribution >= 0.6 is 0 Å². The van der Waals surface area contributed by atoms with Crippen molar-refractivity contribution in [3.8, 4) is 0 Å². The van der Waals surface area contributed by atoms with Gasteiger partial charge in [0.1, 0.15) is 6.04 Å². The SMILES string of the molecule is CC(=O)N(Cc1ccc(S(N)(=O)=O)cc1)C1CC(=O)N(c2ccccc2)C1=O. The number of benzene rings is 2. The summed E-state index contributed by atoms with van der Waals surface area (Å²) < 4.78 is 22.7. The number of carbonyl (C=O) groups excluding carboxylic acids is 3. The highest BCUT2D eigenvalue weighted by molar-refractivity contribution is 7.89. The molecule has 0 aromatic heterocycles. The smallest absolute Gasteiger partial charge is 0.257 e. The number of carbonyl (C=O) groups is 3. The van der Waals surface area contributed by atoms with Gasteiger partial charge in [0.2, 0.25) is 21.8 Å². The van der Waals surface area contributed by atoms with Crippen LogP contribution in [0, 0.1) is 0 Å². The summed E-state index contributed by atoms with van der Waals surface area (Å²) in [4.78, 5) is 39.8. The third-order valence-corrected chi connectivity index (χ3v) is 5.45. The highest BCUT2D eigenvalue weighted by Gasteiger charge is 2.43. The Kier molecular flexibility index (Phi) is 5.30. The summed E-state index contributed by atoms with van der Waals surface area (Å²) in [5.41, 5.74) is 1.07. The van der Waals surface area contributed by atoms with E-state index in [9.17, 15) is 22.8 Å². The van der Waals surface area contributed by atoms with Crippen molar-refractivity contribution in [1.82, 2.24) is 4.90 Å².